The molecule has 2 aliphatic heterocycles. The molecule has 1 atom stereocenters. The van der Waals surface area contributed by atoms with Gasteiger partial charge in [-0.25, -0.2) is 4.79 Å². The summed E-state index contributed by atoms with van der Waals surface area (Å²) in [6, 6.07) is 24.4. The molecule has 0 aliphatic carbocycles. The van der Waals surface area contributed by atoms with E-state index in [1.54, 1.807) is 0 Å². The molecule has 33 heavy (non-hydrogen) atoms. The Bertz CT molecular complexity index is 1330. The minimum absolute atomic E-state index is 0.153. The molecule has 0 radical (unpaired) electrons. The first-order valence-corrected chi connectivity index (χ1v) is 10.5. The van der Waals surface area contributed by atoms with E-state index in [1.807, 2.05) is 85.8 Å². The van der Waals surface area contributed by atoms with E-state index in [4.69, 9.17) is 4.74 Å². The smallest absolute Gasteiger partial charge is 0.328 e. The third kappa shape index (κ3) is 3.72. The highest BCUT2D eigenvalue weighted by atomic mass is 16.5. The fourth-order valence-electron chi connectivity index (χ4n) is 4.25. The first-order valence-electron chi connectivity index (χ1n) is 10.5. The molecule has 6 heteroatoms. The lowest BCUT2D eigenvalue weighted by Crippen LogP contribution is -2.51. The SMILES string of the molecule is Cc1ccccc1[C@H]1C(C=C2C(=O)NC(=O)NC2=O)=C(c2ccccc2)Oc2ccccc21. The van der Waals surface area contributed by atoms with Gasteiger partial charge in [-0.2, -0.15) is 0 Å². The van der Waals surface area contributed by atoms with Gasteiger partial charge in [0.05, 0.1) is 0 Å². The number of rotatable bonds is 3. The highest BCUT2D eigenvalue weighted by molar-refractivity contribution is 6.29. The van der Waals surface area contributed by atoms with Gasteiger partial charge in [0.1, 0.15) is 17.1 Å². The van der Waals surface area contributed by atoms with E-state index in [0.29, 0.717) is 17.1 Å². The molecule has 4 amide bonds. The maximum atomic E-state index is 12.6. The normalized spacial score (nSPS) is 17.7. The van der Waals surface area contributed by atoms with Crippen molar-refractivity contribution in [2.24, 2.45) is 0 Å². The van der Waals surface area contributed by atoms with Crippen LogP contribution in [0.5, 0.6) is 5.75 Å². The predicted molar refractivity (Wildman–Crippen MR) is 123 cm³/mol. The summed E-state index contributed by atoms with van der Waals surface area (Å²) in [6.07, 6.45) is 1.53. The summed E-state index contributed by atoms with van der Waals surface area (Å²) in [5, 5.41) is 4.30. The number of fused-ring (bicyclic) bond motifs is 1. The summed E-state index contributed by atoms with van der Waals surface area (Å²) in [7, 11) is 0. The van der Waals surface area contributed by atoms with Gasteiger partial charge in [0.25, 0.3) is 11.8 Å². The van der Waals surface area contributed by atoms with E-state index in [1.165, 1.54) is 6.08 Å². The molecule has 2 N–H and O–H groups in total. The number of allylic oxidation sites excluding steroid dienone is 2. The van der Waals surface area contributed by atoms with Gasteiger partial charge in [-0.05, 0) is 30.2 Å². The number of ether oxygens (including phenoxy) is 1. The topological polar surface area (TPSA) is 84.5 Å². The standard InChI is InChI=1S/C27H20N2O4/c1-16-9-5-6-12-18(16)23-19-13-7-8-14-22(19)33-24(17-10-3-2-4-11-17)20(23)15-21-25(30)28-27(32)29-26(21)31/h2-15,23H,1H3,(H2,28,29,30,31,32)/t23-/m1/s1. The zero-order chi connectivity index (χ0) is 22.9. The van der Waals surface area contributed by atoms with Crippen LogP contribution in [0.2, 0.25) is 0 Å². The van der Waals surface area contributed by atoms with Crippen molar-refractivity contribution in [3.05, 3.63) is 118 Å². The molecule has 0 spiro atoms. The fraction of sp³-hybridized carbons (Fsp3) is 0.0741. The van der Waals surface area contributed by atoms with Gasteiger partial charge in [0.15, 0.2) is 0 Å². The van der Waals surface area contributed by atoms with E-state index >= 15 is 0 Å². The van der Waals surface area contributed by atoms with Crippen molar-refractivity contribution < 1.29 is 19.1 Å². The second-order valence-corrected chi connectivity index (χ2v) is 7.88. The van der Waals surface area contributed by atoms with Gasteiger partial charge >= 0.3 is 6.03 Å². The summed E-state index contributed by atoms with van der Waals surface area (Å²) >= 11 is 0. The Balaban J connectivity index is 1.81. The molecule has 0 bridgehead atoms. The molecule has 0 unspecified atom stereocenters. The third-order valence-electron chi connectivity index (χ3n) is 5.79. The lowest BCUT2D eigenvalue weighted by atomic mass is 9.79. The molecular formula is C27H20N2O4. The number of amides is 4. The Hall–Kier alpha value is -4.45. The van der Waals surface area contributed by atoms with Crippen LogP contribution in [0.3, 0.4) is 0 Å². The van der Waals surface area contributed by atoms with Gasteiger partial charge in [0, 0.05) is 22.6 Å². The number of benzene rings is 3. The van der Waals surface area contributed by atoms with E-state index in [9.17, 15) is 14.4 Å². The molecule has 162 valence electrons. The molecule has 0 saturated carbocycles. The number of hydrogen-bond acceptors (Lipinski definition) is 4. The number of barbiturate groups is 1. The maximum Gasteiger partial charge on any atom is 0.328 e. The monoisotopic (exact) mass is 436 g/mol. The molecule has 3 aromatic carbocycles. The fourth-order valence-corrected chi connectivity index (χ4v) is 4.25. The van der Waals surface area contributed by atoms with E-state index in [-0.39, 0.29) is 11.5 Å². The third-order valence-corrected chi connectivity index (χ3v) is 5.79. The van der Waals surface area contributed by atoms with Crippen LogP contribution in [0.4, 0.5) is 4.79 Å². The summed E-state index contributed by atoms with van der Waals surface area (Å²) in [5.41, 5.74) is 4.33. The number of imide groups is 2. The Kier molecular flexibility index (Phi) is 5.11. The molecule has 3 aromatic rings. The first kappa shape index (κ1) is 20.5. The minimum atomic E-state index is -0.833. The summed E-state index contributed by atoms with van der Waals surface area (Å²) < 4.78 is 6.36. The van der Waals surface area contributed by atoms with Crippen LogP contribution in [0.25, 0.3) is 5.76 Å². The average molecular weight is 436 g/mol. The largest absolute Gasteiger partial charge is 0.456 e. The number of nitrogens with one attached hydrogen (secondary N) is 2. The highest BCUT2D eigenvalue weighted by Gasteiger charge is 2.34. The lowest BCUT2D eigenvalue weighted by Gasteiger charge is -2.31. The molecule has 6 nitrogen and oxygen atoms in total. The highest BCUT2D eigenvalue weighted by Crippen LogP contribution is 2.47. The molecular weight excluding hydrogens is 416 g/mol. The second kappa shape index (κ2) is 8.24. The number of carbonyl (C=O) groups is 3. The summed E-state index contributed by atoms with van der Waals surface area (Å²) in [6.45, 7) is 2.03. The molecule has 1 saturated heterocycles. The summed E-state index contributed by atoms with van der Waals surface area (Å²) in [4.78, 5) is 36.7. The van der Waals surface area contributed by atoms with Crippen molar-refractivity contribution in [3.63, 3.8) is 0 Å². The predicted octanol–water partition coefficient (Wildman–Crippen LogP) is 4.22. The van der Waals surface area contributed by atoms with Crippen molar-refractivity contribution in [2.45, 2.75) is 12.8 Å². The zero-order valence-corrected chi connectivity index (χ0v) is 17.8. The second-order valence-electron chi connectivity index (χ2n) is 7.88. The Morgan fingerprint density at radius 3 is 2.06 bits per heavy atom. The Morgan fingerprint density at radius 1 is 0.758 bits per heavy atom. The molecule has 1 fully saturated rings. The quantitative estimate of drug-likeness (QED) is 0.476. The summed E-state index contributed by atoms with van der Waals surface area (Å²) in [5.74, 6) is -0.527. The van der Waals surface area contributed by atoms with Gasteiger partial charge in [-0.1, -0.05) is 72.8 Å². The van der Waals surface area contributed by atoms with Crippen LogP contribution >= 0.6 is 0 Å². The average Bonchev–Trinajstić information content (AvgIpc) is 2.82. The number of aryl methyl sites for hydroxylation is 1. The van der Waals surface area contributed by atoms with Crippen LogP contribution in [0, 0.1) is 6.92 Å². The van der Waals surface area contributed by atoms with Crippen molar-refractivity contribution >= 4 is 23.6 Å². The maximum absolute atomic E-state index is 12.6. The molecule has 2 aliphatic rings. The molecule has 2 heterocycles. The minimum Gasteiger partial charge on any atom is -0.456 e. The van der Waals surface area contributed by atoms with Crippen molar-refractivity contribution in [2.75, 3.05) is 0 Å². The van der Waals surface area contributed by atoms with Crippen LogP contribution in [0.1, 0.15) is 28.2 Å². The van der Waals surface area contributed by atoms with Gasteiger partial charge in [-0.15, -0.1) is 0 Å². The van der Waals surface area contributed by atoms with E-state index in [0.717, 1.165) is 22.3 Å². The van der Waals surface area contributed by atoms with Gasteiger partial charge < -0.3 is 4.74 Å². The van der Waals surface area contributed by atoms with Crippen LogP contribution in [-0.2, 0) is 9.59 Å². The van der Waals surface area contributed by atoms with E-state index in [2.05, 4.69) is 10.6 Å². The Morgan fingerprint density at radius 2 is 1.36 bits per heavy atom. The van der Waals surface area contributed by atoms with Crippen LogP contribution in [-0.4, -0.2) is 17.8 Å². The van der Waals surface area contributed by atoms with Gasteiger partial charge in [0.2, 0.25) is 0 Å². The lowest BCUT2D eigenvalue weighted by molar-refractivity contribution is -0.124. The zero-order valence-electron chi connectivity index (χ0n) is 17.8. The molecule has 0 aromatic heterocycles. The number of para-hydroxylation sites is 1. The Labute approximate surface area is 190 Å². The number of hydrogen-bond donors (Lipinski definition) is 2. The van der Waals surface area contributed by atoms with E-state index < -0.39 is 17.8 Å². The van der Waals surface area contributed by atoms with Crippen molar-refractivity contribution in [1.29, 1.82) is 0 Å². The van der Waals surface area contributed by atoms with Crippen LogP contribution < -0.4 is 15.4 Å². The van der Waals surface area contributed by atoms with Crippen molar-refractivity contribution in [1.82, 2.24) is 10.6 Å². The van der Waals surface area contributed by atoms with Crippen LogP contribution in [0.15, 0.2) is 96.1 Å². The number of urea groups is 1. The molecule has 5 rings (SSSR count). The van der Waals surface area contributed by atoms with Crippen molar-refractivity contribution in [3.8, 4) is 5.75 Å². The first-order chi connectivity index (χ1) is 16.0. The number of carbonyl (C=O) groups excluding carboxylic acids is 3. The van der Waals surface area contributed by atoms with Gasteiger partial charge in [-0.3, -0.25) is 20.2 Å².